The Bertz CT molecular complexity index is 1240. The van der Waals surface area contributed by atoms with Crippen LogP contribution >= 0.6 is 11.3 Å². The molecule has 0 radical (unpaired) electrons. The lowest BCUT2D eigenvalue weighted by Gasteiger charge is -2.42. The van der Waals surface area contributed by atoms with Crippen LogP contribution in [-0.2, 0) is 20.4 Å². The van der Waals surface area contributed by atoms with Gasteiger partial charge in [0.05, 0.1) is 19.1 Å². The number of hydrogen-bond acceptors (Lipinski definition) is 5. The zero-order valence-corrected chi connectivity index (χ0v) is 22.0. The second kappa shape index (κ2) is 9.50. The van der Waals surface area contributed by atoms with Gasteiger partial charge in [0.15, 0.2) is 6.04 Å². The summed E-state index contributed by atoms with van der Waals surface area (Å²) in [6, 6.07) is 16.4. The average Bonchev–Trinajstić information content (AvgIpc) is 3.35. The van der Waals surface area contributed by atoms with Crippen LogP contribution in [0.3, 0.4) is 0 Å². The number of amides is 1. The summed E-state index contributed by atoms with van der Waals surface area (Å²) >= 11 is 1.39. The van der Waals surface area contributed by atoms with Gasteiger partial charge in [0.1, 0.15) is 5.75 Å². The number of carbonyl (C=O) groups excluding carboxylic acids is 2. The number of thiophene rings is 1. The van der Waals surface area contributed by atoms with Gasteiger partial charge in [0.2, 0.25) is 0 Å². The fraction of sp³-hybridized carbons (Fsp3) is 0.379. The maximum absolute atomic E-state index is 13.1. The van der Waals surface area contributed by atoms with E-state index in [0.717, 1.165) is 29.0 Å². The van der Waals surface area contributed by atoms with Crippen molar-refractivity contribution >= 4 is 23.2 Å². The molecule has 1 aromatic heterocycles. The van der Waals surface area contributed by atoms with Crippen molar-refractivity contribution in [2.24, 2.45) is 0 Å². The number of carbonyl (C=O) groups is 2. The van der Waals surface area contributed by atoms with E-state index in [9.17, 15) is 9.59 Å². The first kappa shape index (κ1) is 25.0. The molecule has 1 aliphatic rings. The van der Waals surface area contributed by atoms with Crippen molar-refractivity contribution in [3.05, 3.63) is 76.2 Å². The molecule has 184 valence electrons. The number of rotatable bonds is 6. The second-order valence-corrected chi connectivity index (χ2v) is 11.5. The highest BCUT2D eigenvalue weighted by molar-refractivity contribution is 7.17. The maximum Gasteiger partial charge on any atom is 0.333 e. The molecular weight excluding hydrogens is 458 g/mol. The lowest BCUT2D eigenvalue weighted by molar-refractivity contribution is -0.143. The molecule has 35 heavy (non-hydrogen) atoms. The van der Waals surface area contributed by atoms with Crippen LogP contribution in [0.15, 0.2) is 54.6 Å². The van der Waals surface area contributed by atoms with Crippen molar-refractivity contribution in [3.63, 3.8) is 0 Å². The molecule has 0 unspecified atom stereocenters. The fourth-order valence-electron chi connectivity index (χ4n) is 4.80. The van der Waals surface area contributed by atoms with E-state index in [1.54, 1.807) is 25.3 Å². The summed E-state index contributed by atoms with van der Waals surface area (Å²) < 4.78 is 10.7. The lowest BCUT2D eigenvalue weighted by Crippen LogP contribution is -2.34. The Morgan fingerprint density at radius 3 is 2.14 bits per heavy atom. The van der Waals surface area contributed by atoms with Crippen LogP contribution in [0.2, 0.25) is 0 Å². The van der Waals surface area contributed by atoms with Crippen molar-refractivity contribution < 1.29 is 19.1 Å². The highest BCUT2D eigenvalue weighted by atomic mass is 32.1. The molecule has 1 amide bonds. The van der Waals surface area contributed by atoms with Gasteiger partial charge in [-0.2, -0.15) is 0 Å². The van der Waals surface area contributed by atoms with Crippen LogP contribution < -0.4 is 10.1 Å². The number of hydrogen-bond donors (Lipinski definition) is 1. The van der Waals surface area contributed by atoms with Crippen molar-refractivity contribution in [3.8, 4) is 16.2 Å². The fourth-order valence-corrected chi connectivity index (χ4v) is 5.73. The Kier molecular flexibility index (Phi) is 6.78. The van der Waals surface area contributed by atoms with E-state index in [0.29, 0.717) is 10.4 Å². The van der Waals surface area contributed by atoms with E-state index in [-0.39, 0.29) is 16.7 Å². The number of fused-ring (bicyclic) bond motifs is 1. The van der Waals surface area contributed by atoms with Gasteiger partial charge in [-0.05, 0) is 64.6 Å². The zero-order valence-electron chi connectivity index (χ0n) is 21.2. The monoisotopic (exact) mass is 491 g/mol. The van der Waals surface area contributed by atoms with E-state index in [2.05, 4.69) is 45.1 Å². The first-order chi connectivity index (χ1) is 16.6. The summed E-state index contributed by atoms with van der Waals surface area (Å²) in [6.07, 6.45) is 2.24. The molecule has 0 saturated heterocycles. The Balaban J connectivity index is 1.68. The molecule has 0 aliphatic heterocycles. The van der Waals surface area contributed by atoms with Gasteiger partial charge in [0.25, 0.3) is 5.91 Å². The summed E-state index contributed by atoms with van der Waals surface area (Å²) in [7, 11) is 3.01. The molecule has 1 aliphatic carbocycles. The smallest absolute Gasteiger partial charge is 0.333 e. The minimum Gasteiger partial charge on any atom is -0.496 e. The largest absolute Gasteiger partial charge is 0.496 e. The Hall–Kier alpha value is -3.12. The third-order valence-electron chi connectivity index (χ3n) is 7.11. The van der Waals surface area contributed by atoms with Gasteiger partial charge in [-0.15, -0.1) is 11.3 Å². The topological polar surface area (TPSA) is 64.6 Å². The molecule has 0 fully saturated rings. The second-order valence-electron chi connectivity index (χ2n) is 10.4. The minimum atomic E-state index is -0.874. The molecule has 3 aromatic rings. The zero-order chi connectivity index (χ0) is 25.4. The molecule has 0 spiro atoms. The number of benzene rings is 2. The predicted molar refractivity (Wildman–Crippen MR) is 140 cm³/mol. The number of nitrogens with one attached hydrogen (secondary N) is 1. The van der Waals surface area contributed by atoms with Crippen molar-refractivity contribution in [1.29, 1.82) is 0 Å². The Morgan fingerprint density at radius 2 is 1.54 bits per heavy atom. The van der Waals surface area contributed by atoms with E-state index < -0.39 is 12.0 Å². The van der Waals surface area contributed by atoms with Gasteiger partial charge >= 0.3 is 5.97 Å². The predicted octanol–water partition coefficient (Wildman–Crippen LogP) is 6.42. The number of methoxy groups -OCH3 is 2. The molecule has 0 saturated carbocycles. The Morgan fingerprint density at radius 1 is 0.914 bits per heavy atom. The van der Waals surface area contributed by atoms with Gasteiger partial charge < -0.3 is 14.8 Å². The van der Waals surface area contributed by atoms with Crippen LogP contribution in [0.5, 0.6) is 5.75 Å². The molecule has 1 atom stereocenters. The number of esters is 1. The third-order valence-corrected chi connectivity index (χ3v) is 8.23. The first-order valence-electron chi connectivity index (χ1n) is 11.8. The first-order valence-corrected chi connectivity index (χ1v) is 12.7. The summed E-state index contributed by atoms with van der Waals surface area (Å²) in [5.41, 5.74) is 4.45. The molecule has 0 bridgehead atoms. The molecule has 6 heteroatoms. The molecule has 2 aromatic carbocycles. The van der Waals surface area contributed by atoms with Crippen LogP contribution in [0.25, 0.3) is 10.4 Å². The van der Waals surface area contributed by atoms with Crippen LogP contribution in [0, 0.1) is 0 Å². The highest BCUT2D eigenvalue weighted by Gasteiger charge is 2.38. The van der Waals surface area contributed by atoms with Gasteiger partial charge in [-0.3, -0.25) is 4.79 Å². The van der Waals surface area contributed by atoms with E-state index >= 15 is 0 Å². The van der Waals surface area contributed by atoms with Crippen molar-refractivity contribution in [2.45, 2.75) is 57.4 Å². The Labute approximate surface area is 211 Å². The average molecular weight is 492 g/mol. The molecule has 5 nitrogen and oxygen atoms in total. The normalized spacial score (nSPS) is 16.6. The molecule has 1 heterocycles. The minimum absolute atomic E-state index is 0.0623. The van der Waals surface area contributed by atoms with Gasteiger partial charge in [0, 0.05) is 10.4 Å². The highest BCUT2D eigenvalue weighted by Crippen LogP contribution is 2.49. The quantitative estimate of drug-likeness (QED) is 0.404. The van der Waals surface area contributed by atoms with E-state index in [4.69, 9.17) is 9.47 Å². The SMILES string of the molecule is COC(=O)[C@H](NC(=O)c1ccc(-c2cc3c(cc2OC)C(C)(C)CCC3(C)C)s1)c1ccccc1. The lowest BCUT2D eigenvalue weighted by atomic mass is 9.63. The van der Waals surface area contributed by atoms with Crippen LogP contribution in [-0.4, -0.2) is 26.1 Å². The van der Waals surface area contributed by atoms with Crippen molar-refractivity contribution in [1.82, 2.24) is 5.32 Å². The summed E-state index contributed by atoms with van der Waals surface area (Å²) in [6.45, 7) is 9.17. The van der Waals surface area contributed by atoms with E-state index in [1.165, 1.54) is 29.6 Å². The van der Waals surface area contributed by atoms with Crippen molar-refractivity contribution in [2.75, 3.05) is 14.2 Å². The van der Waals surface area contributed by atoms with Crippen LogP contribution in [0.1, 0.15) is 72.9 Å². The van der Waals surface area contributed by atoms with Gasteiger partial charge in [-0.25, -0.2) is 4.79 Å². The van der Waals surface area contributed by atoms with E-state index in [1.807, 2.05) is 24.3 Å². The third kappa shape index (κ3) is 4.85. The maximum atomic E-state index is 13.1. The van der Waals surface area contributed by atoms with Crippen LogP contribution in [0.4, 0.5) is 0 Å². The summed E-state index contributed by atoms with van der Waals surface area (Å²) in [5.74, 6) is -0.0264. The number of ether oxygens (including phenoxy) is 2. The summed E-state index contributed by atoms with van der Waals surface area (Å²) in [5, 5.41) is 2.83. The molecule has 1 N–H and O–H groups in total. The summed E-state index contributed by atoms with van der Waals surface area (Å²) in [4.78, 5) is 27.0. The molecule has 4 rings (SSSR count). The molecular formula is C29H33NO4S. The standard InChI is InChI=1S/C29H33NO4S/c1-28(2)14-15-29(3,4)21-17-22(33-5)19(16-20(21)28)23-12-13-24(35-23)26(31)30-25(27(32)34-6)18-10-8-7-9-11-18/h7-13,16-17,25H,14-15H2,1-6H3,(H,30,31)/t25-/m1/s1. The van der Waals surface area contributed by atoms with Gasteiger partial charge in [-0.1, -0.05) is 58.0 Å².